The Balaban J connectivity index is 2.24. The number of sulfonamides is 1. The van der Waals surface area contributed by atoms with Gasteiger partial charge in [-0.3, -0.25) is 4.79 Å². The van der Waals surface area contributed by atoms with Crippen LogP contribution in [0.3, 0.4) is 0 Å². The number of hydrogen-bond acceptors (Lipinski definition) is 3. The zero-order chi connectivity index (χ0) is 17.2. The summed E-state index contributed by atoms with van der Waals surface area (Å²) in [5.74, 6) is -0.836. The number of benzene rings is 1. The highest BCUT2D eigenvalue weighted by atomic mass is 32.2. The van der Waals surface area contributed by atoms with Gasteiger partial charge in [0, 0.05) is 13.1 Å². The second kappa shape index (κ2) is 6.97. The molecule has 1 saturated heterocycles. The quantitative estimate of drug-likeness (QED) is 0.891. The highest BCUT2D eigenvalue weighted by Gasteiger charge is 2.32. The molecule has 2 rings (SSSR count). The molecular weight excluding hydrogens is 319 g/mol. The Labute approximate surface area is 136 Å². The van der Waals surface area contributed by atoms with Crippen molar-refractivity contribution >= 4 is 15.9 Å². The summed E-state index contributed by atoms with van der Waals surface area (Å²) in [5.41, 5.74) is 0.250. The van der Waals surface area contributed by atoms with Crippen LogP contribution in [-0.4, -0.2) is 38.4 Å². The summed E-state index contributed by atoms with van der Waals surface area (Å²) in [6.45, 7) is 6.44. The van der Waals surface area contributed by atoms with E-state index in [1.54, 1.807) is 18.7 Å². The first-order chi connectivity index (χ1) is 10.7. The summed E-state index contributed by atoms with van der Waals surface area (Å²) in [6.07, 6.45) is 1.89. The first kappa shape index (κ1) is 17.9. The number of hydrogen-bond donors (Lipinski definition) is 1. The van der Waals surface area contributed by atoms with Crippen LogP contribution in [-0.2, 0) is 14.8 Å². The van der Waals surface area contributed by atoms with Gasteiger partial charge in [0.1, 0.15) is 11.9 Å². The van der Waals surface area contributed by atoms with Crippen molar-refractivity contribution in [3.05, 3.63) is 29.6 Å². The average molecular weight is 342 g/mol. The van der Waals surface area contributed by atoms with Crippen LogP contribution in [0.25, 0.3) is 0 Å². The molecule has 0 unspecified atom stereocenters. The van der Waals surface area contributed by atoms with Crippen molar-refractivity contribution in [3.63, 3.8) is 0 Å². The molecule has 0 saturated carbocycles. The fraction of sp³-hybridized carbons (Fsp3) is 0.562. The minimum Gasteiger partial charge on any atom is -0.341 e. The first-order valence-electron chi connectivity index (χ1n) is 7.79. The molecule has 5 nitrogen and oxygen atoms in total. The molecule has 1 aliphatic heterocycles. The van der Waals surface area contributed by atoms with E-state index in [1.807, 2.05) is 0 Å². The highest BCUT2D eigenvalue weighted by molar-refractivity contribution is 7.89. The Morgan fingerprint density at radius 2 is 1.87 bits per heavy atom. The second-order valence-electron chi connectivity index (χ2n) is 6.29. The third kappa shape index (κ3) is 4.09. The van der Waals surface area contributed by atoms with Gasteiger partial charge in [-0.15, -0.1) is 0 Å². The maximum atomic E-state index is 13.3. The largest absolute Gasteiger partial charge is 0.341 e. The van der Waals surface area contributed by atoms with Crippen LogP contribution < -0.4 is 4.72 Å². The number of halogens is 1. The smallest absolute Gasteiger partial charge is 0.241 e. The Morgan fingerprint density at radius 3 is 2.39 bits per heavy atom. The van der Waals surface area contributed by atoms with Gasteiger partial charge in [0.05, 0.1) is 4.90 Å². The van der Waals surface area contributed by atoms with E-state index in [0.29, 0.717) is 13.1 Å². The second-order valence-corrected chi connectivity index (χ2v) is 8.00. The van der Waals surface area contributed by atoms with Crippen LogP contribution in [0.4, 0.5) is 4.39 Å². The zero-order valence-corrected chi connectivity index (χ0v) is 14.5. The third-order valence-electron chi connectivity index (χ3n) is 4.07. The number of likely N-dealkylation sites (tertiary alicyclic amines) is 1. The van der Waals surface area contributed by atoms with Crippen LogP contribution >= 0.6 is 0 Å². The molecule has 1 aromatic carbocycles. The molecule has 0 spiro atoms. The van der Waals surface area contributed by atoms with E-state index in [-0.39, 0.29) is 22.3 Å². The topological polar surface area (TPSA) is 66.5 Å². The third-order valence-corrected chi connectivity index (χ3v) is 5.51. The summed E-state index contributed by atoms with van der Waals surface area (Å²) in [6, 6.07) is 2.79. The highest BCUT2D eigenvalue weighted by Crippen LogP contribution is 2.18. The number of nitrogens with zero attached hydrogens (tertiary/aromatic N) is 1. The maximum Gasteiger partial charge on any atom is 0.241 e. The Kier molecular flexibility index (Phi) is 5.41. The summed E-state index contributed by atoms with van der Waals surface area (Å²) in [4.78, 5) is 14.2. The Morgan fingerprint density at radius 1 is 1.26 bits per heavy atom. The van der Waals surface area contributed by atoms with E-state index < -0.39 is 21.9 Å². The minimum atomic E-state index is -3.88. The van der Waals surface area contributed by atoms with Gasteiger partial charge in [0.15, 0.2) is 0 Å². The summed E-state index contributed by atoms with van der Waals surface area (Å²) in [5, 5.41) is 0. The zero-order valence-electron chi connectivity index (χ0n) is 13.7. The van der Waals surface area contributed by atoms with Crippen molar-refractivity contribution in [2.24, 2.45) is 5.92 Å². The lowest BCUT2D eigenvalue weighted by Gasteiger charge is -2.26. The molecule has 0 aromatic heterocycles. The lowest BCUT2D eigenvalue weighted by atomic mass is 10.0. The van der Waals surface area contributed by atoms with Crippen LogP contribution in [0.1, 0.15) is 32.3 Å². The Hall–Kier alpha value is -1.47. The number of amides is 1. The van der Waals surface area contributed by atoms with Crippen molar-refractivity contribution in [1.82, 2.24) is 9.62 Å². The van der Waals surface area contributed by atoms with Crippen molar-refractivity contribution in [1.29, 1.82) is 0 Å². The standard InChI is InChI=1S/C16H23FN2O3S/c1-11(2)15(16(20)19-8-4-5-9-19)18-23(21,22)13-6-7-14(17)12(3)10-13/h6-7,10-11,15,18H,4-5,8-9H2,1-3H3/t15-/m0/s1. The van der Waals surface area contributed by atoms with E-state index in [9.17, 15) is 17.6 Å². The summed E-state index contributed by atoms with van der Waals surface area (Å²) >= 11 is 0. The molecule has 1 fully saturated rings. The van der Waals surface area contributed by atoms with E-state index in [2.05, 4.69) is 4.72 Å². The predicted octanol–water partition coefficient (Wildman–Crippen LogP) is 2.06. The van der Waals surface area contributed by atoms with Crippen molar-refractivity contribution in [2.75, 3.05) is 13.1 Å². The number of aryl methyl sites for hydroxylation is 1. The monoisotopic (exact) mass is 342 g/mol. The first-order valence-corrected chi connectivity index (χ1v) is 9.28. The molecule has 128 valence electrons. The fourth-order valence-corrected chi connectivity index (χ4v) is 4.05. The molecule has 0 radical (unpaired) electrons. The van der Waals surface area contributed by atoms with Crippen LogP contribution in [0, 0.1) is 18.7 Å². The molecule has 23 heavy (non-hydrogen) atoms. The molecule has 7 heteroatoms. The van der Waals surface area contributed by atoms with Gasteiger partial charge in [-0.2, -0.15) is 4.72 Å². The van der Waals surface area contributed by atoms with Crippen LogP contribution in [0.5, 0.6) is 0 Å². The lowest BCUT2D eigenvalue weighted by molar-refractivity contribution is -0.132. The molecule has 0 aliphatic carbocycles. The normalized spacial score (nSPS) is 16.8. The minimum absolute atomic E-state index is 0.0312. The molecular formula is C16H23FN2O3S. The summed E-state index contributed by atoms with van der Waals surface area (Å²) in [7, 11) is -3.88. The molecule has 1 heterocycles. The van der Waals surface area contributed by atoms with E-state index in [4.69, 9.17) is 0 Å². The van der Waals surface area contributed by atoms with Gasteiger partial charge in [-0.05, 0) is 49.4 Å². The van der Waals surface area contributed by atoms with Gasteiger partial charge >= 0.3 is 0 Å². The SMILES string of the molecule is Cc1cc(S(=O)(=O)N[C@H](C(=O)N2CCCC2)C(C)C)ccc1F. The van der Waals surface area contributed by atoms with Gasteiger partial charge < -0.3 is 4.90 Å². The predicted molar refractivity (Wildman–Crippen MR) is 85.9 cm³/mol. The van der Waals surface area contributed by atoms with Gasteiger partial charge in [-0.1, -0.05) is 13.8 Å². The molecule has 0 bridgehead atoms. The van der Waals surface area contributed by atoms with Crippen molar-refractivity contribution < 1.29 is 17.6 Å². The van der Waals surface area contributed by atoms with Crippen molar-refractivity contribution in [2.45, 2.75) is 44.6 Å². The Bertz CT molecular complexity index is 683. The van der Waals surface area contributed by atoms with Gasteiger partial charge in [-0.25, -0.2) is 12.8 Å². The summed E-state index contributed by atoms with van der Waals surface area (Å²) < 4.78 is 40.9. The maximum absolute atomic E-state index is 13.3. The molecule has 1 amide bonds. The fourth-order valence-electron chi connectivity index (χ4n) is 2.63. The molecule has 1 aliphatic rings. The molecule has 1 aromatic rings. The number of carbonyl (C=O) groups is 1. The molecule has 1 atom stereocenters. The van der Waals surface area contributed by atoms with Crippen molar-refractivity contribution in [3.8, 4) is 0 Å². The van der Waals surface area contributed by atoms with E-state index in [1.165, 1.54) is 19.1 Å². The van der Waals surface area contributed by atoms with Gasteiger partial charge in [0.25, 0.3) is 0 Å². The van der Waals surface area contributed by atoms with Gasteiger partial charge in [0.2, 0.25) is 15.9 Å². The number of nitrogens with one attached hydrogen (secondary N) is 1. The average Bonchev–Trinajstić information content (AvgIpc) is 3.01. The lowest BCUT2D eigenvalue weighted by Crippen LogP contribution is -2.50. The van der Waals surface area contributed by atoms with Crippen LogP contribution in [0.15, 0.2) is 23.1 Å². The number of carbonyl (C=O) groups excluding carboxylic acids is 1. The molecule has 1 N–H and O–H groups in total. The number of rotatable bonds is 5. The van der Waals surface area contributed by atoms with Crippen LogP contribution in [0.2, 0.25) is 0 Å². The van der Waals surface area contributed by atoms with E-state index >= 15 is 0 Å². The van der Waals surface area contributed by atoms with E-state index in [0.717, 1.165) is 18.9 Å².